The lowest BCUT2D eigenvalue weighted by molar-refractivity contribution is 0.127. The van der Waals surface area contributed by atoms with Crippen LogP contribution < -0.4 is 4.74 Å². The van der Waals surface area contributed by atoms with Crippen LogP contribution in [0, 0.1) is 11.3 Å². The van der Waals surface area contributed by atoms with Crippen LogP contribution in [-0.4, -0.2) is 33.5 Å². The minimum Gasteiger partial charge on any atom is -0.490 e. The highest BCUT2D eigenvalue weighted by molar-refractivity contribution is 7.99. The van der Waals surface area contributed by atoms with Crippen molar-refractivity contribution >= 4 is 22.7 Å². The summed E-state index contributed by atoms with van der Waals surface area (Å²) in [6.45, 7) is 0.204. The van der Waals surface area contributed by atoms with Crippen molar-refractivity contribution in [3.63, 3.8) is 0 Å². The van der Waals surface area contributed by atoms with Gasteiger partial charge >= 0.3 is 0 Å². The number of hydrogen-bond acceptors (Lipinski definition) is 5. The van der Waals surface area contributed by atoms with E-state index in [1.165, 1.54) is 11.8 Å². The first-order chi connectivity index (χ1) is 11.3. The van der Waals surface area contributed by atoms with E-state index in [0.29, 0.717) is 11.3 Å². The summed E-state index contributed by atoms with van der Waals surface area (Å²) in [6, 6.07) is 13.1. The summed E-state index contributed by atoms with van der Waals surface area (Å²) in [4.78, 5) is 7.29. The molecule has 3 rings (SSSR count). The van der Waals surface area contributed by atoms with Crippen LogP contribution in [0.15, 0.2) is 53.8 Å². The average Bonchev–Trinajstić information content (AvgIpc) is 3.07. The van der Waals surface area contributed by atoms with Crippen molar-refractivity contribution in [3.8, 4) is 11.8 Å². The van der Waals surface area contributed by atoms with Crippen LogP contribution in [0.4, 0.5) is 0 Å². The summed E-state index contributed by atoms with van der Waals surface area (Å²) in [5.41, 5.74) is 1.57. The van der Waals surface area contributed by atoms with Gasteiger partial charge in [0, 0.05) is 29.0 Å². The molecule has 3 aromatic rings. The number of H-pyrrole nitrogens is 1. The van der Waals surface area contributed by atoms with E-state index < -0.39 is 6.10 Å². The Bertz CT molecular complexity index is 841. The predicted octanol–water partition coefficient (Wildman–Crippen LogP) is 2.97. The molecule has 0 fully saturated rings. The number of aliphatic hydroxyl groups excluding tert-OH is 1. The first-order valence-electron chi connectivity index (χ1n) is 7.12. The number of thioether (sulfide) groups is 1. The number of aliphatic hydroxyl groups is 1. The van der Waals surface area contributed by atoms with Gasteiger partial charge < -0.3 is 14.8 Å². The zero-order chi connectivity index (χ0) is 16.1. The normalized spacial score (nSPS) is 12.0. The minimum atomic E-state index is -0.623. The van der Waals surface area contributed by atoms with Crippen molar-refractivity contribution in [3.05, 3.63) is 54.4 Å². The van der Waals surface area contributed by atoms with Gasteiger partial charge in [-0.2, -0.15) is 5.26 Å². The number of nitrogens with zero attached hydrogens (tertiary/aromatic N) is 2. The number of benzene rings is 1. The fraction of sp³-hybridized carbons (Fsp3) is 0.176. The molecule has 0 amide bonds. The Morgan fingerprint density at radius 1 is 1.35 bits per heavy atom. The molecule has 0 aliphatic rings. The van der Waals surface area contributed by atoms with Crippen LogP contribution in [0.5, 0.6) is 5.75 Å². The van der Waals surface area contributed by atoms with Crippen molar-refractivity contribution in [2.24, 2.45) is 0 Å². The van der Waals surface area contributed by atoms with Crippen LogP contribution in [0.25, 0.3) is 10.9 Å². The van der Waals surface area contributed by atoms with Crippen molar-refractivity contribution in [2.45, 2.75) is 11.1 Å². The molecule has 0 unspecified atom stereocenters. The summed E-state index contributed by atoms with van der Waals surface area (Å²) in [5, 5.41) is 20.6. The van der Waals surface area contributed by atoms with Gasteiger partial charge in [0.1, 0.15) is 12.4 Å². The summed E-state index contributed by atoms with van der Waals surface area (Å²) >= 11 is 1.40. The summed E-state index contributed by atoms with van der Waals surface area (Å²) in [7, 11) is 0. The lowest BCUT2D eigenvalue weighted by Gasteiger charge is -2.12. The molecule has 2 N–H and O–H groups in total. The highest BCUT2D eigenvalue weighted by atomic mass is 32.2. The molecule has 0 saturated carbocycles. The Morgan fingerprint density at radius 2 is 2.26 bits per heavy atom. The predicted molar refractivity (Wildman–Crippen MR) is 89.5 cm³/mol. The Balaban J connectivity index is 1.54. The van der Waals surface area contributed by atoms with Crippen LogP contribution >= 0.6 is 11.8 Å². The van der Waals surface area contributed by atoms with Crippen molar-refractivity contribution in [1.82, 2.24) is 9.97 Å². The maximum atomic E-state index is 10.1. The van der Waals surface area contributed by atoms with Gasteiger partial charge in [0.2, 0.25) is 0 Å². The third-order valence-electron chi connectivity index (χ3n) is 3.27. The molecule has 2 heterocycles. The van der Waals surface area contributed by atoms with Gasteiger partial charge in [0.25, 0.3) is 0 Å². The number of aromatic amines is 1. The first kappa shape index (κ1) is 15.4. The van der Waals surface area contributed by atoms with E-state index in [0.717, 1.165) is 21.7 Å². The number of nitriles is 1. The van der Waals surface area contributed by atoms with E-state index in [-0.39, 0.29) is 6.61 Å². The minimum absolute atomic E-state index is 0.204. The molecule has 0 radical (unpaired) electrons. The lowest BCUT2D eigenvalue weighted by Crippen LogP contribution is -2.20. The molecule has 23 heavy (non-hydrogen) atoms. The van der Waals surface area contributed by atoms with Gasteiger partial charge in [0.05, 0.1) is 22.8 Å². The highest BCUT2D eigenvalue weighted by Crippen LogP contribution is 2.25. The topological polar surface area (TPSA) is 81.9 Å². The van der Waals surface area contributed by atoms with Crippen molar-refractivity contribution < 1.29 is 9.84 Å². The molecule has 0 bridgehead atoms. The molecule has 0 aliphatic carbocycles. The number of aromatic nitrogens is 2. The Labute approximate surface area is 137 Å². The number of pyridine rings is 1. The number of ether oxygens (including phenoxy) is 1. The highest BCUT2D eigenvalue weighted by Gasteiger charge is 2.09. The lowest BCUT2D eigenvalue weighted by atomic mass is 10.2. The molecule has 0 aliphatic heterocycles. The van der Waals surface area contributed by atoms with Gasteiger partial charge in [-0.3, -0.25) is 0 Å². The van der Waals surface area contributed by atoms with Crippen LogP contribution in [0.3, 0.4) is 0 Å². The summed E-state index contributed by atoms with van der Waals surface area (Å²) in [5.74, 6) is 1.20. The van der Waals surface area contributed by atoms with Crippen molar-refractivity contribution in [2.75, 3.05) is 12.4 Å². The number of rotatable bonds is 6. The molecule has 1 atom stereocenters. The molecular weight excluding hydrogens is 310 g/mol. The molecule has 6 heteroatoms. The van der Waals surface area contributed by atoms with Crippen LogP contribution in [-0.2, 0) is 0 Å². The van der Waals surface area contributed by atoms with E-state index in [1.807, 2.05) is 30.5 Å². The Hall–Kier alpha value is -2.49. The third-order valence-corrected chi connectivity index (χ3v) is 4.34. The zero-order valence-electron chi connectivity index (χ0n) is 12.3. The second kappa shape index (κ2) is 7.18. The largest absolute Gasteiger partial charge is 0.490 e. The Morgan fingerprint density at radius 3 is 3.13 bits per heavy atom. The second-order valence-corrected chi connectivity index (χ2v) is 6.01. The van der Waals surface area contributed by atoms with Crippen LogP contribution in [0.1, 0.15) is 5.56 Å². The fourth-order valence-electron chi connectivity index (χ4n) is 2.16. The molecular formula is C17H15N3O2S. The summed E-state index contributed by atoms with van der Waals surface area (Å²) in [6.07, 6.45) is 2.83. The quantitative estimate of drug-likeness (QED) is 0.681. The van der Waals surface area contributed by atoms with Gasteiger partial charge in [-0.15, -0.1) is 11.8 Å². The van der Waals surface area contributed by atoms with Crippen molar-refractivity contribution in [1.29, 1.82) is 5.26 Å². The monoisotopic (exact) mass is 325 g/mol. The molecule has 5 nitrogen and oxygen atoms in total. The van der Waals surface area contributed by atoms with E-state index >= 15 is 0 Å². The summed E-state index contributed by atoms with van der Waals surface area (Å²) < 4.78 is 5.72. The van der Waals surface area contributed by atoms with E-state index in [9.17, 15) is 5.11 Å². The maximum absolute atomic E-state index is 10.1. The van der Waals surface area contributed by atoms with Gasteiger partial charge in [0.15, 0.2) is 0 Å². The van der Waals surface area contributed by atoms with E-state index in [2.05, 4.69) is 16.0 Å². The SMILES string of the molecule is N#Cc1ccnc(SC[C@H](O)COc2cccc3[nH]ccc23)c1. The fourth-order valence-corrected chi connectivity index (χ4v) is 2.96. The second-order valence-electron chi connectivity index (χ2n) is 4.97. The first-order valence-corrected chi connectivity index (χ1v) is 8.11. The Kier molecular flexibility index (Phi) is 4.81. The smallest absolute Gasteiger partial charge is 0.128 e. The van der Waals surface area contributed by atoms with Gasteiger partial charge in [-0.05, 0) is 30.3 Å². The van der Waals surface area contributed by atoms with E-state index in [4.69, 9.17) is 10.00 Å². The average molecular weight is 325 g/mol. The van der Waals surface area contributed by atoms with Gasteiger partial charge in [-0.1, -0.05) is 6.07 Å². The molecule has 116 valence electrons. The molecule has 2 aromatic heterocycles. The van der Waals surface area contributed by atoms with Gasteiger partial charge in [-0.25, -0.2) is 4.98 Å². The molecule has 0 spiro atoms. The number of nitrogens with one attached hydrogen (secondary N) is 1. The standard InChI is InChI=1S/C17H15N3O2S/c18-9-12-4-6-20-17(8-12)23-11-13(21)10-22-16-3-1-2-15-14(16)5-7-19-15/h1-8,13,19,21H,10-11H2/t13-/m1/s1. The maximum Gasteiger partial charge on any atom is 0.128 e. The molecule has 0 saturated heterocycles. The molecule has 1 aromatic carbocycles. The van der Waals surface area contributed by atoms with E-state index in [1.54, 1.807) is 18.3 Å². The number of hydrogen-bond donors (Lipinski definition) is 2. The zero-order valence-corrected chi connectivity index (χ0v) is 13.1. The van der Waals surface area contributed by atoms with Crippen LogP contribution in [0.2, 0.25) is 0 Å². The number of fused-ring (bicyclic) bond motifs is 1. The third kappa shape index (κ3) is 3.83.